The maximum absolute atomic E-state index is 11.2. The summed E-state index contributed by atoms with van der Waals surface area (Å²) < 4.78 is 0. The monoisotopic (exact) mass is 231 g/mol. The van der Waals surface area contributed by atoms with Gasteiger partial charge in [0, 0.05) is 11.6 Å². The molecule has 17 heavy (non-hydrogen) atoms. The molecule has 2 rings (SSSR count). The normalized spacial score (nSPS) is 12.5. The van der Waals surface area contributed by atoms with Crippen molar-refractivity contribution < 1.29 is 15.0 Å². The number of nitrogens with zero attached hydrogens (tertiary/aromatic N) is 1. The molecule has 0 bridgehead atoms. The number of carboxylic acids is 1. The van der Waals surface area contributed by atoms with Crippen LogP contribution in [0.15, 0.2) is 30.5 Å². The first-order valence-corrected chi connectivity index (χ1v) is 5.44. The highest BCUT2D eigenvalue weighted by atomic mass is 16.4. The molecule has 0 aliphatic rings. The first kappa shape index (κ1) is 11.4. The smallest absolute Gasteiger partial charge is 0.312 e. The lowest BCUT2D eigenvalue weighted by molar-refractivity contribution is -0.138. The second kappa shape index (κ2) is 4.41. The molecule has 1 unspecified atom stereocenters. The van der Waals surface area contributed by atoms with Crippen molar-refractivity contribution in [2.45, 2.75) is 19.3 Å². The fraction of sp³-hybridized carbons (Fsp3) is 0.231. The molecule has 0 saturated carbocycles. The molecule has 2 N–H and O–H groups in total. The van der Waals surface area contributed by atoms with Gasteiger partial charge in [0.25, 0.3) is 0 Å². The Labute approximate surface area is 98.5 Å². The highest BCUT2D eigenvalue weighted by Gasteiger charge is 2.21. The van der Waals surface area contributed by atoms with Crippen LogP contribution in [-0.2, 0) is 4.79 Å². The number of phenols is 1. The van der Waals surface area contributed by atoms with Crippen LogP contribution in [0.25, 0.3) is 10.8 Å². The van der Waals surface area contributed by atoms with Gasteiger partial charge in [0.05, 0.1) is 11.6 Å². The number of carbonyl (C=O) groups is 1. The molecule has 1 aromatic heterocycles. The molecule has 0 aliphatic heterocycles. The number of pyridine rings is 1. The molecule has 0 spiro atoms. The third-order valence-corrected chi connectivity index (χ3v) is 2.82. The summed E-state index contributed by atoms with van der Waals surface area (Å²) in [6, 6.07) is 6.69. The SMILES string of the molecule is CCC(C(=O)O)c1nccc2ccc(O)cc12. The summed E-state index contributed by atoms with van der Waals surface area (Å²) in [5, 5.41) is 20.2. The number of rotatable bonds is 3. The average molecular weight is 231 g/mol. The zero-order valence-corrected chi connectivity index (χ0v) is 9.42. The lowest BCUT2D eigenvalue weighted by Crippen LogP contribution is -2.12. The molecule has 1 atom stereocenters. The second-order valence-electron chi connectivity index (χ2n) is 3.90. The molecule has 0 saturated heterocycles. The second-order valence-corrected chi connectivity index (χ2v) is 3.90. The van der Waals surface area contributed by atoms with Crippen LogP contribution < -0.4 is 0 Å². The Morgan fingerprint density at radius 2 is 2.18 bits per heavy atom. The summed E-state index contributed by atoms with van der Waals surface area (Å²) in [6.07, 6.45) is 2.07. The predicted octanol–water partition coefficient (Wildman–Crippen LogP) is 2.52. The predicted molar refractivity (Wildman–Crippen MR) is 64.1 cm³/mol. The van der Waals surface area contributed by atoms with Gasteiger partial charge in [-0.25, -0.2) is 0 Å². The molecule has 4 heteroatoms. The maximum Gasteiger partial charge on any atom is 0.312 e. The minimum Gasteiger partial charge on any atom is -0.508 e. The first-order chi connectivity index (χ1) is 8.13. The Balaban J connectivity index is 2.67. The number of hydrogen-bond donors (Lipinski definition) is 2. The van der Waals surface area contributed by atoms with Crippen molar-refractivity contribution >= 4 is 16.7 Å². The third-order valence-electron chi connectivity index (χ3n) is 2.82. The Bertz CT molecular complexity index is 566. The van der Waals surface area contributed by atoms with E-state index < -0.39 is 11.9 Å². The molecular formula is C13H13NO3. The Morgan fingerprint density at radius 1 is 1.41 bits per heavy atom. The van der Waals surface area contributed by atoms with Gasteiger partial charge in [-0.05, 0) is 30.0 Å². The van der Waals surface area contributed by atoms with Crippen LogP contribution in [0.1, 0.15) is 25.0 Å². The van der Waals surface area contributed by atoms with Crippen molar-refractivity contribution in [2.24, 2.45) is 0 Å². The van der Waals surface area contributed by atoms with Gasteiger partial charge < -0.3 is 10.2 Å². The van der Waals surface area contributed by atoms with Crippen molar-refractivity contribution in [3.05, 3.63) is 36.2 Å². The van der Waals surface area contributed by atoms with Gasteiger partial charge in [-0.3, -0.25) is 9.78 Å². The molecule has 1 aromatic carbocycles. The van der Waals surface area contributed by atoms with Crippen LogP contribution >= 0.6 is 0 Å². The van der Waals surface area contributed by atoms with Crippen LogP contribution in [0.3, 0.4) is 0 Å². The molecule has 4 nitrogen and oxygen atoms in total. The highest BCUT2D eigenvalue weighted by molar-refractivity contribution is 5.90. The first-order valence-electron chi connectivity index (χ1n) is 5.44. The topological polar surface area (TPSA) is 70.4 Å². The lowest BCUT2D eigenvalue weighted by Gasteiger charge is -2.12. The lowest BCUT2D eigenvalue weighted by atomic mass is 9.97. The van der Waals surface area contributed by atoms with E-state index in [-0.39, 0.29) is 5.75 Å². The quantitative estimate of drug-likeness (QED) is 0.851. The maximum atomic E-state index is 11.2. The van der Waals surface area contributed by atoms with Crippen molar-refractivity contribution in [1.82, 2.24) is 4.98 Å². The summed E-state index contributed by atoms with van der Waals surface area (Å²) in [5.74, 6) is -1.41. The van der Waals surface area contributed by atoms with Crippen LogP contribution in [0.5, 0.6) is 5.75 Å². The summed E-state index contributed by atoms with van der Waals surface area (Å²) in [5.41, 5.74) is 0.508. The molecule has 0 aliphatic carbocycles. The van der Waals surface area contributed by atoms with Crippen molar-refractivity contribution in [3.8, 4) is 5.75 Å². The van der Waals surface area contributed by atoms with E-state index in [4.69, 9.17) is 5.11 Å². The van der Waals surface area contributed by atoms with E-state index in [1.54, 1.807) is 30.5 Å². The number of aromatic nitrogens is 1. The van der Waals surface area contributed by atoms with Crippen LogP contribution in [0.4, 0.5) is 0 Å². The standard InChI is InChI=1S/C13H13NO3/c1-2-10(13(16)17)12-11-7-9(15)4-3-8(11)5-6-14-12/h3-7,10,15H,2H2,1H3,(H,16,17). The molecule has 1 heterocycles. The number of benzene rings is 1. The highest BCUT2D eigenvalue weighted by Crippen LogP contribution is 2.28. The van der Waals surface area contributed by atoms with Gasteiger partial charge in [0.15, 0.2) is 0 Å². The zero-order valence-electron chi connectivity index (χ0n) is 9.42. The van der Waals surface area contributed by atoms with E-state index >= 15 is 0 Å². The summed E-state index contributed by atoms with van der Waals surface area (Å²) in [7, 11) is 0. The van der Waals surface area contributed by atoms with Gasteiger partial charge in [-0.15, -0.1) is 0 Å². The van der Waals surface area contributed by atoms with E-state index in [0.717, 1.165) is 5.39 Å². The van der Waals surface area contributed by atoms with E-state index in [1.165, 1.54) is 0 Å². The fourth-order valence-electron chi connectivity index (χ4n) is 1.94. The average Bonchev–Trinajstić information content (AvgIpc) is 2.30. The van der Waals surface area contributed by atoms with Crippen LogP contribution in [0, 0.1) is 0 Å². The molecule has 2 aromatic rings. The van der Waals surface area contributed by atoms with Crippen LogP contribution in [-0.4, -0.2) is 21.2 Å². The summed E-state index contributed by atoms with van der Waals surface area (Å²) in [4.78, 5) is 15.3. The Morgan fingerprint density at radius 3 is 2.82 bits per heavy atom. The minimum absolute atomic E-state index is 0.118. The minimum atomic E-state index is -0.893. The molecule has 0 amide bonds. The van der Waals surface area contributed by atoms with Gasteiger partial charge in [-0.2, -0.15) is 0 Å². The van der Waals surface area contributed by atoms with Gasteiger partial charge in [0.1, 0.15) is 5.75 Å². The van der Waals surface area contributed by atoms with E-state index in [1.807, 2.05) is 6.92 Å². The molecule has 88 valence electrons. The Kier molecular flexibility index (Phi) is 2.95. The number of phenolic OH excluding ortho intramolecular Hbond substituents is 1. The molecule has 0 fully saturated rings. The van der Waals surface area contributed by atoms with Crippen molar-refractivity contribution in [3.63, 3.8) is 0 Å². The zero-order chi connectivity index (χ0) is 12.4. The Hall–Kier alpha value is -2.10. The number of carboxylic acid groups (broad SMARTS) is 1. The largest absolute Gasteiger partial charge is 0.508 e. The van der Waals surface area contributed by atoms with Crippen LogP contribution in [0.2, 0.25) is 0 Å². The van der Waals surface area contributed by atoms with E-state index in [2.05, 4.69) is 4.98 Å². The summed E-state index contributed by atoms with van der Waals surface area (Å²) in [6.45, 7) is 1.81. The molecular weight excluding hydrogens is 218 g/mol. The third kappa shape index (κ3) is 2.06. The van der Waals surface area contributed by atoms with Crippen molar-refractivity contribution in [2.75, 3.05) is 0 Å². The van der Waals surface area contributed by atoms with Gasteiger partial charge in [0.2, 0.25) is 0 Å². The fourth-order valence-corrected chi connectivity index (χ4v) is 1.94. The number of aliphatic carboxylic acids is 1. The van der Waals surface area contributed by atoms with Crippen molar-refractivity contribution in [1.29, 1.82) is 0 Å². The van der Waals surface area contributed by atoms with Gasteiger partial charge in [-0.1, -0.05) is 13.0 Å². The number of aromatic hydroxyl groups is 1. The molecule has 0 radical (unpaired) electrons. The summed E-state index contributed by atoms with van der Waals surface area (Å²) >= 11 is 0. The van der Waals surface area contributed by atoms with E-state index in [0.29, 0.717) is 17.5 Å². The van der Waals surface area contributed by atoms with Gasteiger partial charge >= 0.3 is 5.97 Å². The number of fused-ring (bicyclic) bond motifs is 1. The number of hydrogen-bond acceptors (Lipinski definition) is 3. The van der Waals surface area contributed by atoms with E-state index in [9.17, 15) is 9.90 Å².